The summed E-state index contributed by atoms with van der Waals surface area (Å²) in [4.78, 5) is 34.6. The van der Waals surface area contributed by atoms with Crippen molar-refractivity contribution >= 4 is 17.9 Å². The Morgan fingerprint density at radius 1 is 0.710 bits per heavy atom. The SMILES string of the molecule is CCCCCCC(O)CCCCCCCCCCC(=O)OC(=O)C(C)OC(=O)C(C)O. The fraction of sp³-hybridized carbons (Fsp3) is 0.875. The van der Waals surface area contributed by atoms with E-state index in [4.69, 9.17) is 5.11 Å². The molecule has 0 aliphatic heterocycles. The van der Waals surface area contributed by atoms with Crippen molar-refractivity contribution in [2.24, 2.45) is 0 Å². The maximum atomic E-state index is 11.7. The summed E-state index contributed by atoms with van der Waals surface area (Å²) < 4.78 is 9.35. The first kappa shape index (κ1) is 29.5. The van der Waals surface area contributed by atoms with Crippen molar-refractivity contribution in [2.75, 3.05) is 0 Å². The third-order valence-electron chi connectivity index (χ3n) is 5.24. The molecule has 0 aliphatic carbocycles. The minimum Gasteiger partial charge on any atom is -0.449 e. The van der Waals surface area contributed by atoms with Crippen LogP contribution < -0.4 is 0 Å². The zero-order valence-electron chi connectivity index (χ0n) is 19.8. The summed E-state index contributed by atoms with van der Waals surface area (Å²) in [5.41, 5.74) is 0. The van der Waals surface area contributed by atoms with Crippen LogP contribution in [0.25, 0.3) is 0 Å². The number of carbonyl (C=O) groups excluding carboxylic acids is 3. The third-order valence-corrected chi connectivity index (χ3v) is 5.24. The van der Waals surface area contributed by atoms with E-state index in [2.05, 4.69) is 16.4 Å². The molecular formula is C24H44O7. The highest BCUT2D eigenvalue weighted by atomic mass is 16.6. The van der Waals surface area contributed by atoms with Crippen molar-refractivity contribution in [3.05, 3.63) is 0 Å². The molecule has 0 bridgehead atoms. The Kier molecular flexibility index (Phi) is 18.3. The molecule has 0 saturated carbocycles. The van der Waals surface area contributed by atoms with Crippen LogP contribution >= 0.6 is 0 Å². The van der Waals surface area contributed by atoms with E-state index in [9.17, 15) is 19.5 Å². The Hall–Kier alpha value is -1.47. The van der Waals surface area contributed by atoms with Crippen molar-refractivity contribution in [2.45, 2.75) is 135 Å². The molecule has 0 aromatic rings. The Bertz CT molecular complexity index is 490. The van der Waals surface area contributed by atoms with Gasteiger partial charge in [0.2, 0.25) is 0 Å². The second-order valence-corrected chi connectivity index (χ2v) is 8.42. The van der Waals surface area contributed by atoms with Crippen molar-refractivity contribution in [1.82, 2.24) is 0 Å². The van der Waals surface area contributed by atoms with Crippen LogP contribution in [0.4, 0.5) is 0 Å². The van der Waals surface area contributed by atoms with Crippen LogP contribution in [0.3, 0.4) is 0 Å². The van der Waals surface area contributed by atoms with Gasteiger partial charge in [-0.15, -0.1) is 0 Å². The fourth-order valence-corrected chi connectivity index (χ4v) is 3.23. The minimum atomic E-state index is -1.34. The minimum absolute atomic E-state index is 0.142. The van der Waals surface area contributed by atoms with Crippen molar-refractivity contribution < 1.29 is 34.1 Å². The Morgan fingerprint density at radius 2 is 1.19 bits per heavy atom. The number of esters is 3. The lowest BCUT2D eigenvalue weighted by Crippen LogP contribution is -2.31. The molecule has 3 unspecified atom stereocenters. The maximum Gasteiger partial charge on any atom is 0.354 e. The quantitative estimate of drug-likeness (QED) is 0.170. The molecule has 0 radical (unpaired) electrons. The smallest absolute Gasteiger partial charge is 0.354 e. The average Bonchev–Trinajstić information content (AvgIpc) is 2.72. The van der Waals surface area contributed by atoms with Crippen molar-refractivity contribution in [3.8, 4) is 0 Å². The first-order chi connectivity index (χ1) is 14.8. The summed E-state index contributed by atoms with van der Waals surface area (Å²) in [6.45, 7) is 4.72. The number of aliphatic hydroxyl groups excluding tert-OH is 2. The van der Waals surface area contributed by atoms with Crippen molar-refractivity contribution in [1.29, 1.82) is 0 Å². The van der Waals surface area contributed by atoms with Crippen LogP contribution in [0.2, 0.25) is 0 Å². The molecular weight excluding hydrogens is 400 g/mol. The lowest BCUT2D eigenvalue weighted by molar-refractivity contribution is -0.176. The van der Waals surface area contributed by atoms with Crippen LogP contribution in [0.1, 0.15) is 117 Å². The van der Waals surface area contributed by atoms with Gasteiger partial charge in [0.15, 0.2) is 6.10 Å². The average molecular weight is 445 g/mol. The maximum absolute atomic E-state index is 11.7. The molecule has 2 N–H and O–H groups in total. The molecule has 0 saturated heterocycles. The number of ether oxygens (including phenoxy) is 2. The molecule has 31 heavy (non-hydrogen) atoms. The summed E-state index contributed by atoms with van der Waals surface area (Å²) >= 11 is 0. The topological polar surface area (TPSA) is 110 Å². The molecule has 0 aromatic carbocycles. The standard InChI is InChI=1S/C24H44O7/c1-4-5-6-13-16-21(26)17-14-11-9-7-8-10-12-15-18-22(27)31-24(29)20(3)30-23(28)19(2)25/h19-21,25-26H,4-18H2,1-3H3. The van der Waals surface area contributed by atoms with E-state index < -0.39 is 30.1 Å². The normalized spacial score (nSPS) is 14.0. The van der Waals surface area contributed by atoms with Crippen LogP contribution in [0.5, 0.6) is 0 Å². The molecule has 0 fully saturated rings. The molecule has 182 valence electrons. The van der Waals surface area contributed by atoms with E-state index in [-0.39, 0.29) is 12.5 Å². The van der Waals surface area contributed by atoms with Gasteiger partial charge < -0.3 is 19.7 Å². The van der Waals surface area contributed by atoms with Crippen LogP contribution in [0, 0.1) is 0 Å². The zero-order valence-corrected chi connectivity index (χ0v) is 19.8. The molecule has 0 rings (SSSR count). The molecule has 7 nitrogen and oxygen atoms in total. The summed E-state index contributed by atoms with van der Waals surface area (Å²) in [6, 6.07) is 0. The monoisotopic (exact) mass is 444 g/mol. The van der Waals surface area contributed by atoms with Gasteiger partial charge in [0.05, 0.1) is 6.10 Å². The number of carbonyl (C=O) groups is 3. The lowest BCUT2D eigenvalue weighted by atomic mass is 10.0. The van der Waals surface area contributed by atoms with Gasteiger partial charge in [-0.1, -0.05) is 77.6 Å². The molecule has 0 aliphatic rings. The van der Waals surface area contributed by atoms with E-state index in [0.717, 1.165) is 57.8 Å². The first-order valence-corrected chi connectivity index (χ1v) is 12.1. The summed E-state index contributed by atoms with van der Waals surface area (Å²) in [5.74, 6) is -2.49. The first-order valence-electron chi connectivity index (χ1n) is 12.1. The van der Waals surface area contributed by atoms with Gasteiger partial charge in [-0.2, -0.15) is 0 Å². The van der Waals surface area contributed by atoms with E-state index in [1.165, 1.54) is 39.5 Å². The highest BCUT2D eigenvalue weighted by Crippen LogP contribution is 2.14. The largest absolute Gasteiger partial charge is 0.449 e. The van der Waals surface area contributed by atoms with Gasteiger partial charge in [0, 0.05) is 6.42 Å². The number of aliphatic hydroxyl groups is 2. The summed E-state index contributed by atoms with van der Waals surface area (Å²) in [7, 11) is 0. The predicted molar refractivity (Wildman–Crippen MR) is 119 cm³/mol. The van der Waals surface area contributed by atoms with Crippen molar-refractivity contribution in [3.63, 3.8) is 0 Å². The molecule has 7 heteroatoms. The lowest BCUT2D eigenvalue weighted by Gasteiger charge is -2.12. The van der Waals surface area contributed by atoms with E-state index >= 15 is 0 Å². The zero-order chi connectivity index (χ0) is 23.5. The van der Waals surface area contributed by atoms with Crippen LogP contribution in [-0.2, 0) is 23.9 Å². The number of unbranched alkanes of at least 4 members (excludes halogenated alkanes) is 10. The van der Waals surface area contributed by atoms with Gasteiger partial charge in [0.25, 0.3) is 0 Å². The Morgan fingerprint density at radius 3 is 1.71 bits per heavy atom. The molecule has 0 heterocycles. The second kappa shape index (κ2) is 19.2. The summed E-state index contributed by atoms with van der Waals surface area (Å²) in [6.07, 6.45) is 12.4. The molecule has 0 amide bonds. The fourth-order valence-electron chi connectivity index (χ4n) is 3.23. The van der Waals surface area contributed by atoms with Gasteiger partial charge in [-0.25, -0.2) is 9.59 Å². The van der Waals surface area contributed by atoms with Gasteiger partial charge in [0.1, 0.15) is 6.10 Å². The number of hydrogen-bond acceptors (Lipinski definition) is 7. The Labute approximate surface area is 187 Å². The van der Waals surface area contributed by atoms with Gasteiger partial charge in [-0.05, 0) is 33.1 Å². The number of rotatable bonds is 19. The predicted octanol–water partition coefficient (Wildman–Crippen LogP) is 4.60. The Balaban J connectivity index is 3.55. The third kappa shape index (κ3) is 17.9. The number of hydrogen-bond donors (Lipinski definition) is 2. The highest BCUT2D eigenvalue weighted by molar-refractivity contribution is 5.89. The van der Waals surface area contributed by atoms with Crippen LogP contribution in [-0.4, -0.2) is 46.4 Å². The molecule has 3 atom stereocenters. The molecule has 0 spiro atoms. The molecule has 0 aromatic heterocycles. The van der Waals surface area contributed by atoms with E-state index in [0.29, 0.717) is 6.42 Å². The van der Waals surface area contributed by atoms with E-state index in [1.54, 1.807) is 0 Å². The van der Waals surface area contributed by atoms with Gasteiger partial charge in [-0.3, -0.25) is 4.79 Å². The van der Waals surface area contributed by atoms with Crippen LogP contribution in [0.15, 0.2) is 0 Å². The van der Waals surface area contributed by atoms with Gasteiger partial charge >= 0.3 is 17.9 Å². The second-order valence-electron chi connectivity index (χ2n) is 8.42. The van der Waals surface area contributed by atoms with E-state index in [1.807, 2.05) is 0 Å². The summed E-state index contributed by atoms with van der Waals surface area (Å²) in [5, 5.41) is 19.0. The highest BCUT2D eigenvalue weighted by Gasteiger charge is 2.23.